The molecule has 5 heteroatoms. The van der Waals surface area contributed by atoms with Crippen LogP contribution in [0.15, 0.2) is 18.2 Å². The first-order chi connectivity index (χ1) is 7.40. The zero-order valence-corrected chi connectivity index (χ0v) is 10.7. The molecule has 0 fully saturated rings. The Bertz CT molecular complexity index is 363. The molecule has 90 valence electrons. The molecule has 1 aromatic rings. The van der Waals surface area contributed by atoms with Crippen LogP contribution in [0.1, 0.15) is 18.1 Å². The Morgan fingerprint density at radius 3 is 2.38 bits per heavy atom. The lowest BCUT2D eigenvalue weighted by Gasteiger charge is -2.22. The van der Waals surface area contributed by atoms with Gasteiger partial charge in [-0.3, -0.25) is 0 Å². The van der Waals surface area contributed by atoms with Crippen molar-refractivity contribution < 1.29 is 13.2 Å². The van der Waals surface area contributed by atoms with E-state index >= 15 is 0 Å². The van der Waals surface area contributed by atoms with Crippen molar-refractivity contribution in [2.24, 2.45) is 0 Å². The summed E-state index contributed by atoms with van der Waals surface area (Å²) in [7, 11) is 1.65. The third-order valence-corrected chi connectivity index (χ3v) is 3.05. The third kappa shape index (κ3) is 2.90. The van der Waals surface area contributed by atoms with Gasteiger partial charge in [-0.05, 0) is 24.6 Å². The summed E-state index contributed by atoms with van der Waals surface area (Å²) in [6.45, 7) is 2.36. The van der Waals surface area contributed by atoms with E-state index in [1.807, 2.05) is 6.92 Å². The van der Waals surface area contributed by atoms with Crippen LogP contribution in [0, 0.1) is 0 Å². The van der Waals surface area contributed by atoms with Crippen LogP contribution in [0.2, 0.25) is 0 Å². The molecule has 0 saturated carbocycles. The molecule has 0 aliphatic rings. The molecule has 1 rings (SSSR count). The Morgan fingerprint density at radius 2 is 1.94 bits per heavy atom. The molecule has 0 spiro atoms. The molecular formula is C11H13BrF3N. The maximum absolute atomic E-state index is 12.8. The smallest absolute Gasteiger partial charge is 0.374 e. The fourth-order valence-electron chi connectivity index (χ4n) is 1.40. The SMILES string of the molecule is CCN(C)c1ccc(CBr)cc1C(F)(F)F. The van der Waals surface area contributed by atoms with Gasteiger partial charge < -0.3 is 4.90 Å². The second-order valence-electron chi connectivity index (χ2n) is 3.50. The molecule has 0 aromatic heterocycles. The quantitative estimate of drug-likeness (QED) is 0.760. The fraction of sp³-hybridized carbons (Fsp3) is 0.455. The third-order valence-electron chi connectivity index (χ3n) is 2.41. The summed E-state index contributed by atoms with van der Waals surface area (Å²) in [5.41, 5.74) is 0.272. The van der Waals surface area contributed by atoms with E-state index in [1.54, 1.807) is 18.0 Å². The van der Waals surface area contributed by atoms with Gasteiger partial charge in [0.05, 0.1) is 5.56 Å². The summed E-state index contributed by atoms with van der Waals surface area (Å²) >= 11 is 3.16. The van der Waals surface area contributed by atoms with E-state index in [-0.39, 0.29) is 5.69 Å². The second-order valence-corrected chi connectivity index (χ2v) is 4.06. The highest BCUT2D eigenvalue weighted by molar-refractivity contribution is 9.08. The fourth-order valence-corrected chi connectivity index (χ4v) is 1.75. The highest BCUT2D eigenvalue weighted by atomic mass is 79.9. The van der Waals surface area contributed by atoms with Crippen molar-refractivity contribution in [3.63, 3.8) is 0 Å². The minimum atomic E-state index is -4.31. The van der Waals surface area contributed by atoms with Gasteiger partial charge in [-0.2, -0.15) is 13.2 Å². The number of benzene rings is 1. The van der Waals surface area contributed by atoms with Gasteiger partial charge in [-0.1, -0.05) is 22.0 Å². The predicted molar refractivity (Wildman–Crippen MR) is 63.0 cm³/mol. The summed E-state index contributed by atoms with van der Waals surface area (Å²) in [5, 5.41) is 0.423. The lowest BCUT2D eigenvalue weighted by atomic mass is 10.1. The first-order valence-electron chi connectivity index (χ1n) is 4.87. The van der Waals surface area contributed by atoms with Crippen LogP contribution in [0.25, 0.3) is 0 Å². The summed E-state index contributed by atoms with van der Waals surface area (Å²) in [4.78, 5) is 1.58. The van der Waals surface area contributed by atoms with Gasteiger partial charge in [0.2, 0.25) is 0 Å². The zero-order valence-electron chi connectivity index (χ0n) is 9.11. The number of anilines is 1. The Morgan fingerprint density at radius 1 is 1.31 bits per heavy atom. The lowest BCUT2D eigenvalue weighted by molar-refractivity contribution is -0.137. The zero-order chi connectivity index (χ0) is 12.3. The molecule has 0 saturated heterocycles. The van der Waals surface area contributed by atoms with Crippen molar-refractivity contribution in [1.82, 2.24) is 0 Å². The summed E-state index contributed by atoms with van der Waals surface area (Å²) in [6.07, 6.45) is -4.31. The normalized spacial score (nSPS) is 11.6. The topological polar surface area (TPSA) is 3.24 Å². The van der Waals surface area contributed by atoms with E-state index in [0.717, 1.165) is 0 Å². The van der Waals surface area contributed by atoms with Crippen molar-refractivity contribution >= 4 is 21.6 Å². The molecule has 0 radical (unpaired) electrons. The van der Waals surface area contributed by atoms with Gasteiger partial charge in [0, 0.05) is 24.6 Å². The van der Waals surface area contributed by atoms with Gasteiger partial charge in [0.25, 0.3) is 0 Å². The van der Waals surface area contributed by atoms with Gasteiger partial charge in [0.1, 0.15) is 0 Å². The van der Waals surface area contributed by atoms with Crippen LogP contribution in [-0.4, -0.2) is 13.6 Å². The van der Waals surface area contributed by atoms with Crippen LogP contribution in [0.5, 0.6) is 0 Å². The average molecular weight is 296 g/mol. The average Bonchev–Trinajstić information content (AvgIpc) is 2.26. The van der Waals surface area contributed by atoms with E-state index in [0.29, 0.717) is 17.4 Å². The number of rotatable bonds is 3. The molecule has 0 aliphatic heterocycles. The molecule has 0 N–H and O–H groups in total. The van der Waals surface area contributed by atoms with E-state index < -0.39 is 11.7 Å². The summed E-state index contributed by atoms with van der Waals surface area (Å²) in [5.74, 6) is 0. The molecule has 0 unspecified atom stereocenters. The number of alkyl halides is 4. The van der Waals surface area contributed by atoms with Crippen LogP contribution in [0.3, 0.4) is 0 Å². The first-order valence-corrected chi connectivity index (χ1v) is 5.99. The molecular weight excluding hydrogens is 283 g/mol. The second kappa shape index (κ2) is 5.08. The van der Waals surface area contributed by atoms with Crippen LogP contribution in [0.4, 0.5) is 18.9 Å². The van der Waals surface area contributed by atoms with Crippen LogP contribution >= 0.6 is 15.9 Å². The predicted octanol–water partition coefficient (Wildman–Crippen LogP) is 4.06. The number of hydrogen-bond acceptors (Lipinski definition) is 1. The lowest BCUT2D eigenvalue weighted by Crippen LogP contribution is -2.20. The van der Waals surface area contributed by atoms with E-state index in [2.05, 4.69) is 15.9 Å². The van der Waals surface area contributed by atoms with Crippen molar-refractivity contribution in [3.05, 3.63) is 29.3 Å². The minimum absolute atomic E-state index is 0.222. The van der Waals surface area contributed by atoms with Crippen LogP contribution < -0.4 is 4.90 Å². The maximum atomic E-state index is 12.8. The Hall–Kier alpha value is -0.710. The molecule has 0 amide bonds. The molecule has 1 nitrogen and oxygen atoms in total. The number of halogens is 4. The highest BCUT2D eigenvalue weighted by Gasteiger charge is 2.34. The Labute approximate surface area is 101 Å². The Kier molecular flexibility index (Phi) is 4.24. The maximum Gasteiger partial charge on any atom is 0.418 e. The number of nitrogens with zero attached hydrogens (tertiary/aromatic N) is 1. The largest absolute Gasteiger partial charge is 0.418 e. The highest BCUT2D eigenvalue weighted by Crippen LogP contribution is 2.37. The van der Waals surface area contributed by atoms with Crippen molar-refractivity contribution in [2.45, 2.75) is 18.4 Å². The molecule has 0 atom stereocenters. The van der Waals surface area contributed by atoms with Gasteiger partial charge in [-0.25, -0.2) is 0 Å². The van der Waals surface area contributed by atoms with Gasteiger partial charge >= 0.3 is 6.18 Å². The van der Waals surface area contributed by atoms with E-state index in [1.165, 1.54) is 12.1 Å². The molecule has 0 bridgehead atoms. The number of hydrogen-bond donors (Lipinski definition) is 0. The Balaban J connectivity index is 3.27. The monoisotopic (exact) mass is 295 g/mol. The van der Waals surface area contributed by atoms with Crippen molar-refractivity contribution in [3.8, 4) is 0 Å². The summed E-state index contributed by atoms with van der Waals surface area (Å²) < 4.78 is 38.5. The van der Waals surface area contributed by atoms with Gasteiger partial charge in [0.15, 0.2) is 0 Å². The summed E-state index contributed by atoms with van der Waals surface area (Å²) in [6, 6.07) is 4.41. The van der Waals surface area contributed by atoms with Crippen molar-refractivity contribution in [2.75, 3.05) is 18.5 Å². The van der Waals surface area contributed by atoms with Crippen molar-refractivity contribution in [1.29, 1.82) is 0 Å². The van der Waals surface area contributed by atoms with E-state index in [4.69, 9.17) is 0 Å². The molecule has 16 heavy (non-hydrogen) atoms. The van der Waals surface area contributed by atoms with E-state index in [9.17, 15) is 13.2 Å². The first kappa shape index (κ1) is 13.4. The van der Waals surface area contributed by atoms with Crippen LogP contribution in [-0.2, 0) is 11.5 Å². The van der Waals surface area contributed by atoms with Gasteiger partial charge in [-0.15, -0.1) is 0 Å². The standard InChI is InChI=1S/C11H13BrF3N/c1-3-16(2)10-5-4-8(7-12)6-9(10)11(13,14)15/h4-6H,3,7H2,1-2H3. The molecule has 1 aromatic carbocycles. The molecule has 0 aliphatic carbocycles. The molecule has 0 heterocycles. The minimum Gasteiger partial charge on any atom is -0.374 e.